The van der Waals surface area contributed by atoms with Gasteiger partial charge in [0.2, 0.25) is 0 Å². The van der Waals surface area contributed by atoms with Crippen molar-refractivity contribution in [1.29, 1.82) is 0 Å². The van der Waals surface area contributed by atoms with E-state index in [1.54, 1.807) is 12.1 Å². The van der Waals surface area contributed by atoms with Gasteiger partial charge in [-0.05, 0) is 65.8 Å². The fourth-order valence-corrected chi connectivity index (χ4v) is 5.00. The zero-order valence-corrected chi connectivity index (χ0v) is 28.9. The molecule has 21 nitrogen and oxygen atoms in total. The van der Waals surface area contributed by atoms with Crippen LogP contribution in [0, 0.1) is 0 Å². The summed E-state index contributed by atoms with van der Waals surface area (Å²) >= 11 is 0. The molecular formula is C28H35N3O18S3. The number of carboxylic acids is 3. The van der Waals surface area contributed by atoms with Crippen LogP contribution in [0.4, 0.5) is 0 Å². The van der Waals surface area contributed by atoms with Gasteiger partial charge in [-0.3, -0.25) is 28.0 Å². The van der Waals surface area contributed by atoms with Crippen LogP contribution < -0.4 is 25.6 Å². The second-order valence-electron chi connectivity index (χ2n) is 10.5. The minimum absolute atomic E-state index is 0.0693. The monoisotopic (exact) mass is 797 g/mol. The van der Waals surface area contributed by atoms with Crippen LogP contribution in [-0.4, -0.2) is 95.4 Å². The predicted octanol–water partition coefficient (Wildman–Crippen LogP) is -0.620. The lowest BCUT2D eigenvalue weighted by molar-refractivity contribution is -0.139. The number of hydrogen-bond acceptors (Lipinski definition) is 15. The molecule has 0 spiro atoms. The summed E-state index contributed by atoms with van der Waals surface area (Å²) in [5.74, 6) is -4.98. The molecule has 0 aliphatic rings. The van der Waals surface area contributed by atoms with E-state index >= 15 is 0 Å². The van der Waals surface area contributed by atoms with Crippen molar-refractivity contribution in [3.63, 3.8) is 0 Å². The fraction of sp³-hybridized carbons (Fsp3) is 0.250. The Morgan fingerprint density at radius 1 is 0.558 bits per heavy atom. The molecule has 0 aromatic heterocycles. The Hall–Kier alpha value is -4.92. The summed E-state index contributed by atoms with van der Waals surface area (Å²) < 4.78 is 96.8. The maximum absolute atomic E-state index is 10.6. The van der Waals surface area contributed by atoms with Crippen LogP contribution in [0.3, 0.4) is 0 Å². The van der Waals surface area contributed by atoms with Crippen LogP contribution in [0.25, 0.3) is 0 Å². The molecule has 0 bridgehead atoms. The van der Waals surface area contributed by atoms with Crippen molar-refractivity contribution in [2.45, 2.75) is 43.1 Å². The average molecular weight is 798 g/mol. The third-order valence-corrected chi connectivity index (χ3v) is 7.53. The first-order valence-corrected chi connectivity index (χ1v) is 18.3. The highest BCUT2D eigenvalue weighted by Crippen LogP contribution is 2.28. The summed E-state index contributed by atoms with van der Waals surface area (Å²) in [6.07, 6.45) is 0.195. The summed E-state index contributed by atoms with van der Waals surface area (Å²) in [4.78, 5) is 31.6. The molecule has 0 fully saturated rings. The quantitative estimate of drug-likeness (QED) is 0.0856. The van der Waals surface area contributed by atoms with Crippen molar-refractivity contribution in [1.82, 2.24) is 0 Å². The molecule has 0 saturated carbocycles. The molecule has 0 heterocycles. The minimum atomic E-state index is -4.77. The molecule has 0 radical (unpaired) electrons. The van der Waals surface area contributed by atoms with E-state index < -0.39 is 84.2 Å². The number of carbonyl (C=O) groups is 3. The van der Waals surface area contributed by atoms with Crippen molar-refractivity contribution in [3.05, 3.63) is 89.0 Å². The Bertz CT molecular complexity index is 1910. The van der Waals surface area contributed by atoms with E-state index in [1.165, 1.54) is 42.5 Å². The maximum Gasteiger partial charge on any atom is 0.446 e. The molecule has 3 rings (SSSR count). The smallest absolute Gasteiger partial charge is 0.446 e. The van der Waals surface area contributed by atoms with Crippen molar-refractivity contribution < 1.29 is 82.1 Å². The van der Waals surface area contributed by atoms with Crippen LogP contribution in [0.1, 0.15) is 22.3 Å². The van der Waals surface area contributed by atoms with Gasteiger partial charge in [-0.1, -0.05) is 42.5 Å². The molecule has 0 aliphatic carbocycles. The third-order valence-electron chi connectivity index (χ3n) is 6.03. The normalized spacial score (nSPS) is 13.1. The Labute approximate surface area is 296 Å². The first kappa shape index (κ1) is 45.1. The van der Waals surface area contributed by atoms with Gasteiger partial charge in [0.15, 0.2) is 11.5 Å². The van der Waals surface area contributed by atoms with Gasteiger partial charge in [0, 0.05) is 0 Å². The molecule has 288 valence electrons. The largest absolute Gasteiger partial charge is 0.504 e. The van der Waals surface area contributed by atoms with E-state index in [1.807, 2.05) is 0 Å². The van der Waals surface area contributed by atoms with Crippen molar-refractivity contribution in [2.75, 3.05) is 0 Å². The molecule has 0 aliphatic heterocycles. The minimum Gasteiger partial charge on any atom is -0.504 e. The van der Waals surface area contributed by atoms with Gasteiger partial charge in [-0.25, -0.2) is 0 Å². The summed E-state index contributed by atoms with van der Waals surface area (Å²) in [5.41, 5.74) is 18.0. The zero-order valence-electron chi connectivity index (χ0n) is 26.5. The van der Waals surface area contributed by atoms with E-state index in [-0.39, 0.29) is 25.0 Å². The molecule has 3 aromatic rings. The molecular weight excluding hydrogens is 763 g/mol. The Kier molecular flexibility index (Phi) is 17.0. The molecule has 3 aromatic carbocycles. The first-order chi connectivity index (χ1) is 23.7. The third kappa shape index (κ3) is 19.5. The molecule has 3 atom stereocenters. The Morgan fingerprint density at radius 2 is 0.904 bits per heavy atom. The molecule has 3 unspecified atom stereocenters. The molecule has 0 amide bonds. The van der Waals surface area contributed by atoms with Crippen molar-refractivity contribution in [2.24, 2.45) is 17.2 Å². The number of aromatic hydroxyl groups is 1. The fourth-order valence-electron chi connectivity index (χ4n) is 3.67. The Morgan fingerprint density at radius 3 is 1.27 bits per heavy atom. The number of aliphatic carboxylic acids is 3. The van der Waals surface area contributed by atoms with E-state index in [2.05, 4.69) is 8.37 Å². The lowest BCUT2D eigenvalue weighted by Gasteiger charge is -2.09. The molecule has 0 saturated heterocycles. The number of benzene rings is 3. The standard InChI is InChI=1S/C10H13NO5S.C9H11NO7S.C9H11NO6S/c11-9(10(12)13)5-7-1-3-8(4-2-7)6-17(14,15)16;10-6(9(12)13)3-5-1-2-7(11)8(4-5)17-18(14,15)16;10-8(9(11)12)5-6-1-3-7(4-2-6)16-17(13,14)15/h1-4,9H,5-6,11H2,(H,12,13)(H,14,15,16);1-2,4,6,11H,3,10H2,(H,12,13)(H,14,15,16);1-4,8H,5,10H2,(H,11,12)(H,13,14,15). The van der Waals surface area contributed by atoms with E-state index in [0.29, 0.717) is 22.3 Å². The number of hydrogen-bond donors (Lipinski definition) is 10. The van der Waals surface area contributed by atoms with Crippen LogP contribution in [-0.2, 0) is 70.3 Å². The topological polar surface area (TPSA) is 392 Å². The zero-order chi connectivity index (χ0) is 40.0. The predicted molar refractivity (Wildman–Crippen MR) is 179 cm³/mol. The number of phenols is 1. The van der Waals surface area contributed by atoms with Crippen LogP contribution in [0.2, 0.25) is 0 Å². The summed E-state index contributed by atoms with van der Waals surface area (Å²) in [5, 5.41) is 35.1. The van der Waals surface area contributed by atoms with Gasteiger partial charge in [0.05, 0.1) is 0 Å². The SMILES string of the molecule is NC(Cc1ccc(CS(=O)(=O)O)cc1)C(=O)O.NC(Cc1ccc(O)c(OS(=O)(=O)O)c1)C(=O)O.NC(Cc1ccc(OS(=O)(=O)O)cc1)C(=O)O. The maximum atomic E-state index is 10.6. The van der Waals surface area contributed by atoms with Crippen LogP contribution in [0.5, 0.6) is 17.2 Å². The average Bonchev–Trinajstić information content (AvgIpc) is 2.99. The summed E-state index contributed by atoms with van der Waals surface area (Å²) in [7, 11) is -13.4. The summed E-state index contributed by atoms with van der Waals surface area (Å²) in [6.45, 7) is 0. The van der Waals surface area contributed by atoms with E-state index in [0.717, 1.165) is 12.1 Å². The highest BCUT2D eigenvalue weighted by atomic mass is 32.3. The van der Waals surface area contributed by atoms with Crippen LogP contribution in [0.15, 0.2) is 66.7 Å². The highest BCUT2D eigenvalue weighted by Gasteiger charge is 2.17. The van der Waals surface area contributed by atoms with Gasteiger partial charge >= 0.3 is 38.7 Å². The van der Waals surface area contributed by atoms with Gasteiger partial charge in [-0.2, -0.15) is 25.3 Å². The van der Waals surface area contributed by atoms with Gasteiger partial charge in [0.1, 0.15) is 29.6 Å². The number of nitrogens with two attached hydrogens (primary N) is 3. The van der Waals surface area contributed by atoms with Gasteiger partial charge in [0.25, 0.3) is 10.1 Å². The number of rotatable bonds is 15. The van der Waals surface area contributed by atoms with E-state index in [9.17, 15) is 44.7 Å². The molecule has 24 heteroatoms. The lowest BCUT2D eigenvalue weighted by Crippen LogP contribution is -2.32. The van der Waals surface area contributed by atoms with Crippen molar-refractivity contribution in [3.8, 4) is 17.2 Å². The molecule has 52 heavy (non-hydrogen) atoms. The Balaban J connectivity index is 0.000000390. The second-order valence-corrected chi connectivity index (χ2v) is 14.0. The highest BCUT2D eigenvalue weighted by molar-refractivity contribution is 7.85. The lowest BCUT2D eigenvalue weighted by atomic mass is 10.1. The number of carboxylic acid groups (broad SMARTS) is 3. The molecule has 13 N–H and O–H groups in total. The first-order valence-electron chi connectivity index (χ1n) is 14.0. The second kappa shape index (κ2) is 19.6. The summed E-state index contributed by atoms with van der Waals surface area (Å²) in [6, 6.07) is 12.0. The van der Waals surface area contributed by atoms with Crippen LogP contribution >= 0.6 is 0 Å². The van der Waals surface area contributed by atoms with Crippen molar-refractivity contribution >= 4 is 48.8 Å². The van der Waals surface area contributed by atoms with E-state index in [4.69, 9.17) is 46.2 Å². The van der Waals surface area contributed by atoms with Gasteiger partial charge in [-0.15, -0.1) is 0 Å². The van der Waals surface area contributed by atoms with Gasteiger partial charge < -0.3 is 46.0 Å². The number of phenolic OH excluding ortho intramolecular Hbond substituents is 1.